The number of carbonyl (C=O) groups excluding carboxylic acids is 1. The van der Waals surface area contributed by atoms with E-state index in [0.29, 0.717) is 5.69 Å². The molecule has 3 rings (SSSR count). The van der Waals surface area contributed by atoms with Gasteiger partial charge in [0, 0.05) is 18.5 Å². The molecule has 1 saturated heterocycles. The van der Waals surface area contributed by atoms with E-state index in [4.69, 9.17) is 4.74 Å². The topological polar surface area (TPSA) is 97.5 Å². The maximum Gasteiger partial charge on any atom is 0.411 e. The lowest BCUT2D eigenvalue weighted by molar-refractivity contribution is -0.142. The summed E-state index contributed by atoms with van der Waals surface area (Å²) in [5.41, 5.74) is 0.940. The van der Waals surface area contributed by atoms with E-state index in [0.717, 1.165) is 5.56 Å². The summed E-state index contributed by atoms with van der Waals surface area (Å²) in [6.45, 7) is 5.46. The fraction of sp³-hybridized carbons (Fsp3) is 0.444. The molecule has 1 aromatic heterocycles. The molecule has 8 heteroatoms. The number of benzene rings is 1. The summed E-state index contributed by atoms with van der Waals surface area (Å²) in [6, 6.07) is 8.38. The summed E-state index contributed by atoms with van der Waals surface area (Å²) < 4.78 is 6.97. The lowest BCUT2D eigenvalue weighted by Crippen LogP contribution is -2.43. The first kappa shape index (κ1) is 17.9. The van der Waals surface area contributed by atoms with Crippen molar-refractivity contribution in [3.63, 3.8) is 0 Å². The number of carbonyl (C=O) groups is 2. The van der Waals surface area contributed by atoms with Crippen LogP contribution in [0, 0.1) is 0 Å². The number of carboxylic acid groups (broad SMARTS) is 1. The monoisotopic (exact) mass is 358 g/mol. The van der Waals surface area contributed by atoms with E-state index in [1.165, 1.54) is 4.90 Å². The standard InChI is InChI=1S/C18H22N4O4/c1-18(2,3)26-17(25)21-10-13(9-15(21)16(23)24)22-11-14(19-20-22)12-7-5-4-6-8-12/h4-8,11,13,15H,9-10H2,1-3H3,(H,23,24). The number of ether oxygens (including phenoxy) is 1. The van der Waals surface area contributed by atoms with Gasteiger partial charge in [-0.25, -0.2) is 14.3 Å². The van der Waals surface area contributed by atoms with E-state index in [1.807, 2.05) is 30.3 Å². The molecular formula is C18H22N4O4. The first-order valence-corrected chi connectivity index (χ1v) is 8.44. The summed E-state index contributed by atoms with van der Waals surface area (Å²) in [5.74, 6) is -1.05. The third-order valence-corrected chi connectivity index (χ3v) is 4.15. The van der Waals surface area contributed by atoms with Crippen LogP contribution in [0.1, 0.15) is 33.2 Å². The average molecular weight is 358 g/mol. The highest BCUT2D eigenvalue weighted by Gasteiger charge is 2.42. The van der Waals surface area contributed by atoms with Gasteiger partial charge in [-0.1, -0.05) is 35.5 Å². The van der Waals surface area contributed by atoms with Crippen molar-refractivity contribution in [3.8, 4) is 11.3 Å². The van der Waals surface area contributed by atoms with Gasteiger partial charge in [-0.2, -0.15) is 0 Å². The maximum absolute atomic E-state index is 12.4. The van der Waals surface area contributed by atoms with Crippen LogP contribution in [0.25, 0.3) is 11.3 Å². The first-order valence-electron chi connectivity index (χ1n) is 8.44. The molecule has 0 bridgehead atoms. The number of rotatable bonds is 3. The van der Waals surface area contributed by atoms with Crippen LogP contribution in [0.4, 0.5) is 4.79 Å². The Morgan fingerprint density at radius 1 is 1.23 bits per heavy atom. The molecule has 0 spiro atoms. The second-order valence-electron chi connectivity index (χ2n) is 7.33. The molecule has 1 fully saturated rings. The minimum absolute atomic E-state index is 0.212. The Kier molecular flexibility index (Phi) is 4.67. The lowest BCUT2D eigenvalue weighted by Gasteiger charge is -2.26. The van der Waals surface area contributed by atoms with Crippen molar-refractivity contribution in [2.75, 3.05) is 6.54 Å². The van der Waals surface area contributed by atoms with E-state index in [1.54, 1.807) is 31.6 Å². The number of aliphatic carboxylic acids is 1. The predicted octanol–water partition coefficient (Wildman–Crippen LogP) is 2.58. The van der Waals surface area contributed by atoms with Crippen molar-refractivity contribution in [3.05, 3.63) is 36.5 Å². The average Bonchev–Trinajstić information content (AvgIpc) is 3.21. The normalized spacial score (nSPS) is 20.2. The number of hydrogen-bond donors (Lipinski definition) is 1. The van der Waals surface area contributed by atoms with Gasteiger partial charge < -0.3 is 9.84 Å². The third kappa shape index (κ3) is 3.84. The zero-order valence-corrected chi connectivity index (χ0v) is 15.0. The maximum atomic E-state index is 12.4. The zero-order chi connectivity index (χ0) is 18.9. The second kappa shape index (κ2) is 6.78. The number of nitrogens with zero attached hydrogens (tertiary/aromatic N) is 4. The smallest absolute Gasteiger partial charge is 0.411 e. The van der Waals surface area contributed by atoms with Gasteiger partial charge in [0.2, 0.25) is 0 Å². The van der Waals surface area contributed by atoms with E-state index in [-0.39, 0.29) is 19.0 Å². The molecule has 1 aliphatic rings. The van der Waals surface area contributed by atoms with Crippen molar-refractivity contribution in [2.24, 2.45) is 0 Å². The molecule has 0 radical (unpaired) electrons. The first-order chi connectivity index (χ1) is 12.2. The molecule has 2 aromatic rings. The molecule has 26 heavy (non-hydrogen) atoms. The van der Waals surface area contributed by atoms with E-state index in [9.17, 15) is 14.7 Å². The quantitative estimate of drug-likeness (QED) is 0.906. The molecule has 138 valence electrons. The molecule has 1 aromatic carbocycles. The Hall–Kier alpha value is -2.90. The van der Waals surface area contributed by atoms with Gasteiger partial charge in [-0.3, -0.25) is 4.90 Å². The number of likely N-dealkylation sites (tertiary alicyclic amines) is 1. The predicted molar refractivity (Wildman–Crippen MR) is 93.5 cm³/mol. The molecule has 0 saturated carbocycles. The SMILES string of the molecule is CC(C)(C)OC(=O)N1CC(n2cc(-c3ccccc3)nn2)CC1C(=O)O. The van der Waals surface area contributed by atoms with Crippen LogP contribution in [-0.4, -0.2) is 55.3 Å². The minimum atomic E-state index is -1.05. The number of hydrogen-bond acceptors (Lipinski definition) is 5. The van der Waals surface area contributed by atoms with Crippen LogP contribution in [0.5, 0.6) is 0 Å². The summed E-state index contributed by atoms with van der Waals surface area (Å²) in [6.07, 6.45) is 1.40. The van der Waals surface area contributed by atoms with Crippen LogP contribution < -0.4 is 0 Å². The Labute approximate surface area is 151 Å². The molecule has 1 N–H and O–H groups in total. The Bertz CT molecular complexity index is 797. The van der Waals surface area contributed by atoms with Crippen LogP contribution in [0.2, 0.25) is 0 Å². The summed E-state index contributed by atoms with van der Waals surface area (Å²) >= 11 is 0. The number of aromatic nitrogens is 3. The molecule has 0 aliphatic carbocycles. The molecule has 2 atom stereocenters. The van der Waals surface area contributed by atoms with Gasteiger partial charge in [0.1, 0.15) is 17.3 Å². The fourth-order valence-electron chi connectivity index (χ4n) is 2.96. The highest BCUT2D eigenvalue weighted by atomic mass is 16.6. The molecule has 2 heterocycles. The van der Waals surface area contributed by atoms with Gasteiger partial charge in [0.05, 0.1) is 12.2 Å². The van der Waals surface area contributed by atoms with Crippen LogP contribution in [-0.2, 0) is 9.53 Å². The number of amides is 1. The largest absolute Gasteiger partial charge is 0.480 e. The molecule has 1 amide bonds. The van der Waals surface area contributed by atoms with Gasteiger partial charge in [-0.15, -0.1) is 5.10 Å². The molecule has 1 aliphatic heterocycles. The lowest BCUT2D eigenvalue weighted by atomic mass is 10.1. The Morgan fingerprint density at radius 3 is 2.54 bits per heavy atom. The number of carboxylic acids is 1. The summed E-state index contributed by atoms with van der Waals surface area (Å²) in [7, 11) is 0. The van der Waals surface area contributed by atoms with Crippen LogP contribution in [0.3, 0.4) is 0 Å². The van der Waals surface area contributed by atoms with Crippen molar-refractivity contribution >= 4 is 12.1 Å². The van der Waals surface area contributed by atoms with Gasteiger partial charge in [0.15, 0.2) is 0 Å². The summed E-state index contributed by atoms with van der Waals surface area (Å²) in [5, 5.41) is 17.8. The molecule has 2 unspecified atom stereocenters. The van der Waals surface area contributed by atoms with Gasteiger partial charge in [-0.05, 0) is 20.8 Å². The van der Waals surface area contributed by atoms with Gasteiger partial charge in [0.25, 0.3) is 0 Å². The highest BCUT2D eigenvalue weighted by molar-refractivity contribution is 5.81. The third-order valence-electron chi connectivity index (χ3n) is 4.15. The van der Waals surface area contributed by atoms with Crippen molar-refractivity contribution < 1.29 is 19.4 Å². The highest BCUT2D eigenvalue weighted by Crippen LogP contribution is 2.29. The van der Waals surface area contributed by atoms with Crippen molar-refractivity contribution in [1.82, 2.24) is 19.9 Å². The Balaban J connectivity index is 1.79. The van der Waals surface area contributed by atoms with Crippen LogP contribution in [0.15, 0.2) is 36.5 Å². The van der Waals surface area contributed by atoms with E-state index < -0.39 is 23.7 Å². The minimum Gasteiger partial charge on any atom is -0.480 e. The Morgan fingerprint density at radius 2 is 1.92 bits per heavy atom. The van der Waals surface area contributed by atoms with Gasteiger partial charge >= 0.3 is 12.1 Å². The second-order valence-corrected chi connectivity index (χ2v) is 7.33. The molecular weight excluding hydrogens is 336 g/mol. The zero-order valence-electron chi connectivity index (χ0n) is 15.0. The van der Waals surface area contributed by atoms with Crippen LogP contribution >= 0.6 is 0 Å². The van der Waals surface area contributed by atoms with E-state index >= 15 is 0 Å². The fourth-order valence-corrected chi connectivity index (χ4v) is 2.96. The van der Waals surface area contributed by atoms with Crippen molar-refractivity contribution in [2.45, 2.75) is 44.9 Å². The summed E-state index contributed by atoms with van der Waals surface area (Å²) in [4.78, 5) is 25.2. The molecule has 8 nitrogen and oxygen atoms in total. The van der Waals surface area contributed by atoms with Crippen molar-refractivity contribution in [1.29, 1.82) is 0 Å². The van der Waals surface area contributed by atoms with E-state index in [2.05, 4.69) is 10.3 Å².